The van der Waals surface area contributed by atoms with Crippen LogP contribution in [0, 0.1) is 0 Å². The van der Waals surface area contributed by atoms with Gasteiger partial charge in [0, 0.05) is 24.6 Å². The topological polar surface area (TPSA) is 206 Å². The zero-order valence-electron chi connectivity index (χ0n) is 19.5. The predicted octanol–water partition coefficient (Wildman–Crippen LogP) is 0.335. The zero-order chi connectivity index (χ0) is 27.0. The Bertz CT molecular complexity index is 1380. The van der Waals surface area contributed by atoms with Gasteiger partial charge in [-0.05, 0) is 18.2 Å². The van der Waals surface area contributed by atoms with Gasteiger partial charge in [0.1, 0.15) is 40.8 Å². The molecule has 6 N–H and O–H groups in total. The molecular weight excluding hydrogens is 496 g/mol. The molecule has 37 heavy (non-hydrogen) atoms. The normalized spacial score (nSPS) is 23.5. The number of ether oxygens (including phenoxy) is 4. The highest BCUT2D eigenvalue weighted by Crippen LogP contribution is 2.39. The average molecular weight is 520 g/mol. The number of benzene rings is 2. The summed E-state index contributed by atoms with van der Waals surface area (Å²) < 4.78 is 27.3. The molecule has 4 rings (SSSR count). The fraction of sp³-hybridized carbons (Fsp3) is 0.333. The lowest BCUT2D eigenvalue weighted by molar-refractivity contribution is -0.282. The first-order chi connectivity index (χ1) is 17.5. The molecule has 1 aliphatic heterocycles. The highest BCUT2D eigenvalue weighted by molar-refractivity contribution is 5.88. The van der Waals surface area contributed by atoms with Crippen LogP contribution in [0.3, 0.4) is 0 Å². The van der Waals surface area contributed by atoms with Gasteiger partial charge in [0.05, 0.1) is 13.7 Å². The summed E-state index contributed by atoms with van der Waals surface area (Å²) in [6, 6.07) is 5.92. The summed E-state index contributed by atoms with van der Waals surface area (Å²) >= 11 is 0. The molecule has 0 aliphatic carbocycles. The quantitative estimate of drug-likeness (QED) is 0.243. The molecule has 1 aromatic heterocycles. The maximum Gasteiger partial charge on any atom is 0.303 e. The Morgan fingerprint density at radius 2 is 1.78 bits per heavy atom. The first-order valence-electron chi connectivity index (χ1n) is 10.9. The van der Waals surface area contributed by atoms with Crippen LogP contribution in [-0.4, -0.2) is 81.0 Å². The van der Waals surface area contributed by atoms with Crippen molar-refractivity contribution in [3.8, 4) is 40.1 Å². The minimum atomic E-state index is -1.77. The third-order valence-electron chi connectivity index (χ3n) is 5.72. The van der Waals surface area contributed by atoms with Crippen LogP contribution in [0.1, 0.15) is 6.92 Å². The molecule has 1 aliphatic rings. The highest BCUT2D eigenvalue weighted by Gasteiger charge is 2.48. The van der Waals surface area contributed by atoms with Crippen molar-refractivity contribution in [1.82, 2.24) is 0 Å². The van der Waals surface area contributed by atoms with E-state index in [1.807, 2.05) is 0 Å². The van der Waals surface area contributed by atoms with Crippen LogP contribution >= 0.6 is 0 Å². The molecule has 0 amide bonds. The zero-order valence-corrected chi connectivity index (χ0v) is 19.5. The van der Waals surface area contributed by atoms with Crippen LogP contribution in [0.2, 0.25) is 0 Å². The van der Waals surface area contributed by atoms with Gasteiger partial charge in [0.2, 0.25) is 17.5 Å². The minimum absolute atomic E-state index is 0.00977. The summed E-state index contributed by atoms with van der Waals surface area (Å²) in [6.45, 7) is 0.288. The molecule has 1 fully saturated rings. The van der Waals surface area contributed by atoms with Crippen LogP contribution in [0.5, 0.6) is 28.7 Å². The van der Waals surface area contributed by atoms with Crippen molar-refractivity contribution in [2.45, 2.75) is 37.6 Å². The number of aliphatic hydroxyl groups is 3. The van der Waals surface area contributed by atoms with Gasteiger partial charge in [-0.15, -0.1) is 0 Å². The SMILES string of the molecule is COc1cc(-c2oc3cc(O)cc(O)c3c(=O)c2O[C@@H]2O[C@H](CO)[C@@H](O)[C@H](O)[C@H]2OC(C)=O)ccc1O. The Morgan fingerprint density at radius 1 is 1.05 bits per heavy atom. The smallest absolute Gasteiger partial charge is 0.303 e. The van der Waals surface area contributed by atoms with Crippen LogP contribution in [0.25, 0.3) is 22.3 Å². The number of fused-ring (bicyclic) bond motifs is 1. The fourth-order valence-electron chi connectivity index (χ4n) is 3.97. The molecule has 13 heteroatoms. The third-order valence-corrected chi connectivity index (χ3v) is 5.72. The van der Waals surface area contributed by atoms with E-state index in [0.29, 0.717) is 0 Å². The molecule has 5 atom stereocenters. The molecule has 0 spiro atoms. The van der Waals surface area contributed by atoms with E-state index in [0.717, 1.165) is 19.1 Å². The largest absolute Gasteiger partial charge is 0.508 e. The Kier molecular flexibility index (Phi) is 7.14. The number of phenolic OH excluding ortho intramolecular Hbond substituents is 3. The molecule has 1 saturated heterocycles. The van der Waals surface area contributed by atoms with Gasteiger partial charge >= 0.3 is 5.97 Å². The predicted molar refractivity (Wildman–Crippen MR) is 123 cm³/mol. The van der Waals surface area contributed by atoms with Gasteiger partial charge in [-0.2, -0.15) is 0 Å². The summed E-state index contributed by atoms with van der Waals surface area (Å²) in [5.74, 6) is -2.96. The Hall–Kier alpha value is -4.04. The van der Waals surface area contributed by atoms with Gasteiger partial charge < -0.3 is 54.0 Å². The lowest BCUT2D eigenvalue weighted by Crippen LogP contribution is -2.61. The number of carbonyl (C=O) groups is 1. The monoisotopic (exact) mass is 520 g/mol. The van der Waals surface area contributed by atoms with Gasteiger partial charge in [0.15, 0.2) is 23.4 Å². The molecule has 2 aromatic carbocycles. The van der Waals surface area contributed by atoms with Crippen molar-refractivity contribution >= 4 is 16.9 Å². The Labute approximate surface area is 208 Å². The number of methoxy groups -OCH3 is 1. The van der Waals surface area contributed by atoms with E-state index in [-0.39, 0.29) is 33.8 Å². The van der Waals surface area contributed by atoms with Crippen molar-refractivity contribution in [3.05, 3.63) is 40.6 Å². The highest BCUT2D eigenvalue weighted by atomic mass is 16.7. The number of aliphatic hydroxyl groups excluding tert-OH is 3. The minimum Gasteiger partial charge on any atom is -0.508 e. The lowest BCUT2D eigenvalue weighted by Gasteiger charge is -2.41. The number of phenols is 3. The maximum atomic E-state index is 13.5. The Balaban J connectivity index is 1.93. The van der Waals surface area contributed by atoms with Crippen LogP contribution in [0.4, 0.5) is 0 Å². The van der Waals surface area contributed by atoms with Gasteiger partial charge in [-0.3, -0.25) is 9.59 Å². The second-order valence-electron chi connectivity index (χ2n) is 8.21. The second kappa shape index (κ2) is 10.1. The summed E-state index contributed by atoms with van der Waals surface area (Å²) in [4.78, 5) is 25.2. The first-order valence-corrected chi connectivity index (χ1v) is 10.9. The molecular formula is C24H24O13. The lowest BCUT2D eigenvalue weighted by atomic mass is 9.99. The number of esters is 1. The van der Waals surface area contributed by atoms with Gasteiger partial charge in [-0.25, -0.2) is 0 Å². The molecule has 0 unspecified atom stereocenters. The molecule has 198 valence electrons. The maximum absolute atomic E-state index is 13.5. The molecule has 2 heterocycles. The number of rotatable bonds is 6. The summed E-state index contributed by atoms with van der Waals surface area (Å²) in [5, 5.41) is 60.2. The number of hydrogen-bond acceptors (Lipinski definition) is 13. The third kappa shape index (κ3) is 4.84. The summed E-state index contributed by atoms with van der Waals surface area (Å²) in [7, 11) is 1.30. The van der Waals surface area contributed by atoms with E-state index in [2.05, 4.69) is 0 Å². The van der Waals surface area contributed by atoms with Crippen molar-refractivity contribution in [3.63, 3.8) is 0 Å². The number of hydrogen-bond donors (Lipinski definition) is 6. The van der Waals surface area contributed by atoms with Crippen LogP contribution in [0.15, 0.2) is 39.5 Å². The van der Waals surface area contributed by atoms with Crippen molar-refractivity contribution in [2.75, 3.05) is 13.7 Å². The fourth-order valence-corrected chi connectivity index (χ4v) is 3.97. The summed E-state index contributed by atoms with van der Waals surface area (Å²) in [6.07, 6.45) is -8.16. The molecule has 0 bridgehead atoms. The van der Waals surface area contributed by atoms with E-state index >= 15 is 0 Å². The Morgan fingerprint density at radius 3 is 2.43 bits per heavy atom. The average Bonchev–Trinajstić information content (AvgIpc) is 2.84. The molecule has 13 nitrogen and oxygen atoms in total. The molecule has 0 saturated carbocycles. The van der Waals surface area contributed by atoms with E-state index in [4.69, 9.17) is 23.4 Å². The van der Waals surface area contributed by atoms with E-state index in [1.165, 1.54) is 25.3 Å². The van der Waals surface area contributed by atoms with Crippen LogP contribution < -0.4 is 14.9 Å². The van der Waals surface area contributed by atoms with E-state index in [1.54, 1.807) is 0 Å². The van der Waals surface area contributed by atoms with Gasteiger partial charge in [-0.1, -0.05) is 0 Å². The van der Waals surface area contributed by atoms with Crippen molar-refractivity contribution in [2.24, 2.45) is 0 Å². The van der Waals surface area contributed by atoms with E-state index in [9.17, 15) is 40.2 Å². The second-order valence-corrected chi connectivity index (χ2v) is 8.21. The first kappa shape index (κ1) is 26.0. The van der Waals surface area contributed by atoms with E-state index < -0.39 is 66.0 Å². The number of carbonyl (C=O) groups excluding carboxylic acids is 1. The summed E-state index contributed by atoms with van der Waals surface area (Å²) in [5.41, 5.74) is -1.01. The molecule has 3 aromatic rings. The molecule has 0 radical (unpaired) electrons. The van der Waals surface area contributed by atoms with Crippen molar-refractivity contribution < 1.29 is 58.8 Å². The van der Waals surface area contributed by atoms with Crippen molar-refractivity contribution in [1.29, 1.82) is 0 Å². The standard InChI is InChI=1S/C24H24O13/c1-9(26)34-23-20(32)18(30)16(8-25)36-24(23)37-22-19(31)17-13(29)6-11(27)7-15(17)35-21(22)10-3-4-12(28)14(5-10)33-2/h3-7,16,18,20,23-25,27-30,32H,8H2,1-2H3/t16-,18-,20+,23-,24+/m1/s1. The number of aromatic hydroxyl groups is 3. The van der Waals surface area contributed by atoms with Gasteiger partial charge in [0.25, 0.3) is 0 Å². The van der Waals surface area contributed by atoms with Crippen LogP contribution in [-0.2, 0) is 14.3 Å².